The van der Waals surface area contributed by atoms with E-state index in [2.05, 4.69) is 15.8 Å². The van der Waals surface area contributed by atoms with E-state index in [9.17, 15) is 9.59 Å². The van der Waals surface area contributed by atoms with Gasteiger partial charge >= 0.3 is 0 Å². The average molecular weight is 401 g/mol. The summed E-state index contributed by atoms with van der Waals surface area (Å²) in [5.41, 5.74) is 6.71. The lowest BCUT2D eigenvalue weighted by Gasteiger charge is -2.09. The Bertz CT molecular complexity index is 1090. The van der Waals surface area contributed by atoms with E-state index < -0.39 is 0 Å². The second-order valence-corrected chi connectivity index (χ2v) is 6.72. The van der Waals surface area contributed by atoms with E-state index in [1.807, 2.05) is 37.3 Å². The number of nitrogens with zero attached hydrogens (tertiary/aromatic N) is 1. The third kappa shape index (κ3) is 5.11. The Labute approximate surface area is 175 Å². The Kier molecular flexibility index (Phi) is 6.60. The predicted octanol–water partition coefficient (Wildman–Crippen LogP) is 4.41. The molecule has 0 saturated carbocycles. The number of methoxy groups -OCH3 is 1. The number of hydrazone groups is 1. The molecule has 152 valence electrons. The summed E-state index contributed by atoms with van der Waals surface area (Å²) in [6.45, 7) is 3.70. The van der Waals surface area contributed by atoms with Gasteiger partial charge in [-0.15, -0.1) is 0 Å². The fourth-order valence-electron chi connectivity index (χ4n) is 2.85. The Hall–Kier alpha value is -3.93. The van der Waals surface area contributed by atoms with Gasteiger partial charge in [0.25, 0.3) is 11.8 Å². The van der Waals surface area contributed by atoms with Crippen LogP contribution in [0.2, 0.25) is 0 Å². The number of amides is 2. The quantitative estimate of drug-likeness (QED) is 0.474. The van der Waals surface area contributed by atoms with E-state index in [4.69, 9.17) is 4.74 Å². The maximum Gasteiger partial charge on any atom is 0.271 e. The van der Waals surface area contributed by atoms with Crippen LogP contribution in [-0.2, 0) is 0 Å². The third-order valence-electron chi connectivity index (χ3n) is 4.61. The van der Waals surface area contributed by atoms with Crippen molar-refractivity contribution in [1.82, 2.24) is 5.43 Å². The standard InChI is InChI=1S/C24H23N3O3/c1-16-7-4-5-10-22(16)24(29)25-20-13-11-18(12-14-20)17(2)26-27-23(28)19-8-6-9-21(15-19)30-3/h4-15H,1-3H3,(H,25,29)(H,27,28)/b26-17-. The van der Waals surface area contributed by atoms with E-state index in [1.165, 1.54) is 0 Å². The Balaban J connectivity index is 1.64. The van der Waals surface area contributed by atoms with Crippen molar-refractivity contribution < 1.29 is 14.3 Å². The van der Waals surface area contributed by atoms with Crippen molar-refractivity contribution in [2.24, 2.45) is 5.10 Å². The highest BCUT2D eigenvalue weighted by molar-refractivity contribution is 6.06. The van der Waals surface area contributed by atoms with E-state index in [-0.39, 0.29) is 11.8 Å². The molecule has 2 N–H and O–H groups in total. The number of ether oxygens (including phenoxy) is 1. The summed E-state index contributed by atoms with van der Waals surface area (Å²) in [6, 6.07) is 21.6. The largest absolute Gasteiger partial charge is 0.497 e. The van der Waals surface area contributed by atoms with Crippen molar-refractivity contribution >= 4 is 23.2 Å². The molecule has 0 bridgehead atoms. The summed E-state index contributed by atoms with van der Waals surface area (Å²) < 4.78 is 5.13. The van der Waals surface area contributed by atoms with Crippen LogP contribution in [0.5, 0.6) is 5.75 Å². The molecule has 6 heteroatoms. The van der Waals surface area contributed by atoms with Gasteiger partial charge in [-0.3, -0.25) is 9.59 Å². The van der Waals surface area contributed by atoms with Crippen molar-refractivity contribution in [2.75, 3.05) is 12.4 Å². The van der Waals surface area contributed by atoms with Crippen molar-refractivity contribution in [3.63, 3.8) is 0 Å². The first-order valence-corrected chi connectivity index (χ1v) is 9.44. The number of nitrogens with one attached hydrogen (secondary N) is 2. The number of hydrogen-bond acceptors (Lipinski definition) is 4. The maximum absolute atomic E-state index is 12.4. The molecule has 0 aliphatic rings. The minimum atomic E-state index is -0.324. The zero-order valence-electron chi connectivity index (χ0n) is 17.1. The monoisotopic (exact) mass is 401 g/mol. The number of hydrogen-bond donors (Lipinski definition) is 2. The van der Waals surface area contributed by atoms with Gasteiger partial charge in [0.15, 0.2) is 0 Å². The number of carbonyl (C=O) groups is 2. The summed E-state index contributed by atoms with van der Waals surface area (Å²) in [5, 5.41) is 7.05. The number of aryl methyl sites for hydroxylation is 1. The van der Waals surface area contributed by atoms with Crippen molar-refractivity contribution in [3.05, 3.63) is 95.1 Å². The van der Waals surface area contributed by atoms with Crippen LogP contribution in [0.1, 0.15) is 38.8 Å². The van der Waals surface area contributed by atoms with E-state index >= 15 is 0 Å². The molecule has 0 aliphatic carbocycles. The molecule has 0 aromatic heterocycles. The Morgan fingerprint density at radius 1 is 0.867 bits per heavy atom. The van der Waals surface area contributed by atoms with Gasteiger partial charge in [-0.1, -0.05) is 36.4 Å². The van der Waals surface area contributed by atoms with E-state index in [0.29, 0.717) is 28.3 Å². The number of rotatable bonds is 6. The second-order valence-electron chi connectivity index (χ2n) is 6.72. The fraction of sp³-hybridized carbons (Fsp3) is 0.125. The number of anilines is 1. The minimum Gasteiger partial charge on any atom is -0.497 e. The van der Waals surface area contributed by atoms with Gasteiger partial charge in [0.1, 0.15) is 5.75 Å². The topological polar surface area (TPSA) is 79.8 Å². The number of carbonyl (C=O) groups excluding carboxylic acids is 2. The van der Waals surface area contributed by atoms with Crippen LogP contribution in [0.3, 0.4) is 0 Å². The maximum atomic E-state index is 12.4. The highest BCUT2D eigenvalue weighted by Gasteiger charge is 2.09. The smallest absolute Gasteiger partial charge is 0.271 e. The summed E-state index contributed by atoms with van der Waals surface area (Å²) in [7, 11) is 1.55. The highest BCUT2D eigenvalue weighted by atomic mass is 16.5. The van der Waals surface area contributed by atoms with Crippen LogP contribution in [0, 0.1) is 6.92 Å². The number of benzene rings is 3. The van der Waals surface area contributed by atoms with Gasteiger partial charge in [-0.2, -0.15) is 5.10 Å². The molecule has 0 spiro atoms. The molecule has 2 amide bonds. The molecule has 0 aliphatic heterocycles. The molecule has 3 aromatic rings. The van der Waals surface area contributed by atoms with Crippen LogP contribution in [-0.4, -0.2) is 24.6 Å². The molecule has 30 heavy (non-hydrogen) atoms. The van der Waals surface area contributed by atoms with Crippen LogP contribution in [0.4, 0.5) is 5.69 Å². The fourth-order valence-corrected chi connectivity index (χ4v) is 2.85. The molecule has 6 nitrogen and oxygen atoms in total. The molecule has 3 aromatic carbocycles. The van der Waals surface area contributed by atoms with Crippen molar-refractivity contribution in [3.8, 4) is 5.75 Å². The summed E-state index contributed by atoms with van der Waals surface area (Å²) in [5.74, 6) is 0.124. The van der Waals surface area contributed by atoms with Gasteiger partial charge in [-0.25, -0.2) is 5.43 Å². The first kappa shape index (κ1) is 20.8. The van der Waals surface area contributed by atoms with E-state index in [1.54, 1.807) is 56.5 Å². The second kappa shape index (κ2) is 9.52. The van der Waals surface area contributed by atoms with Crippen molar-refractivity contribution in [2.45, 2.75) is 13.8 Å². The summed E-state index contributed by atoms with van der Waals surface area (Å²) in [4.78, 5) is 24.7. The molecule has 0 radical (unpaired) electrons. The summed E-state index contributed by atoms with van der Waals surface area (Å²) >= 11 is 0. The molecule has 0 atom stereocenters. The molecule has 0 heterocycles. The molecular weight excluding hydrogens is 378 g/mol. The Morgan fingerprint density at radius 3 is 2.30 bits per heavy atom. The minimum absolute atomic E-state index is 0.156. The van der Waals surface area contributed by atoms with Crippen molar-refractivity contribution in [1.29, 1.82) is 0 Å². The average Bonchev–Trinajstić information content (AvgIpc) is 2.78. The lowest BCUT2D eigenvalue weighted by molar-refractivity contribution is 0.0953. The molecular formula is C24H23N3O3. The normalized spacial score (nSPS) is 11.0. The zero-order valence-corrected chi connectivity index (χ0v) is 17.1. The van der Waals surface area contributed by atoms with E-state index in [0.717, 1.165) is 11.1 Å². The van der Waals surface area contributed by atoms with Crippen LogP contribution < -0.4 is 15.5 Å². The van der Waals surface area contributed by atoms with Gasteiger partial charge in [0, 0.05) is 16.8 Å². The highest BCUT2D eigenvalue weighted by Crippen LogP contribution is 2.15. The molecule has 3 rings (SSSR count). The lowest BCUT2D eigenvalue weighted by atomic mass is 10.1. The van der Waals surface area contributed by atoms with Crippen LogP contribution in [0.15, 0.2) is 77.9 Å². The van der Waals surface area contributed by atoms with Gasteiger partial charge < -0.3 is 10.1 Å². The van der Waals surface area contributed by atoms with Gasteiger partial charge in [0.05, 0.1) is 12.8 Å². The zero-order chi connectivity index (χ0) is 21.5. The molecule has 0 fully saturated rings. The van der Waals surface area contributed by atoms with Gasteiger partial charge in [0.2, 0.25) is 0 Å². The lowest BCUT2D eigenvalue weighted by Crippen LogP contribution is -2.19. The Morgan fingerprint density at radius 2 is 1.60 bits per heavy atom. The van der Waals surface area contributed by atoms with Crippen LogP contribution in [0.25, 0.3) is 0 Å². The SMILES string of the molecule is COc1cccc(C(=O)N/N=C(/C)c2ccc(NC(=O)c3ccccc3C)cc2)c1. The first-order valence-electron chi connectivity index (χ1n) is 9.44. The van der Waals surface area contributed by atoms with Gasteiger partial charge in [-0.05, 0) is 61.4 Å². The predicted molar refractivity (Wildman–Crippen MR) is 118 cm³/mol. The molecule has 0 unspecified atom stereocenters. The first-order chi connectivity index (χ1) is 14.5. The van der Waals surface area contributed by atoms with Crippen LogP contribution >= 0.6 is 0 Å². The third-order valence-corrected chi connectivity index (χ3v) is 4.61. The summed E-state index contributed by atoms with van der Waals surface area (Å²) in [6.07, 6.45) is 0. The molecule has 0 saturated heterocycles.